The number of carbonyl (C=O) groups is 2. The van der Waals surface area contributed by atoms with Crippen molar-refractivity contribution < 1.29 is 19.1 Å². The number of aromatic nitrogens is 1. The second-order valence-corrected chi connectivity index (χ2v) is 8.30. The van der Waals surface area contributed by atoms with E-state index in [0.29, 0.717) is 35.1 Å². The van der Waals surface area contributed by atoms with E-state index in [1.54, 1.807) is 37.4 Å². The molecule has 0 aliphatic heterocycles. The Balaban J connectivity index is 1.58. The minimum Gasteiger partial charge on any atom is -0.493 e. The van der Waals surface area contributed by atoms with Gasteiger partial charge in [0.25, 0.3) is 5.91 Å². The van der Waals surface area contributed by atoms with Crippen molar-refractivity contribution in [2.75, 3.05) is 19.0 Å². The van der Waals surface area contributed by atoms with Crippen molar-refractivity contribution in [3.05, 3.63) is 76.6 Å². The lowest BCUT2D eigenvalue weighted by Crippen LogP contribution is -2.45. The van der Waals surface area contributed by atoms with Gasteiger partial charge in [-0.05, 0) is 42.1 Å². The molecule has 0 aliphatic carbocycles. The topological polar surface area (TPSA) is 92.5 Å². The van der Waals surface area contributed by atoms with Gasteiger partial charge in [-0.2, -0.15) is 0 Å². The predicted molar refractivity (Wildman–Crippen MR) is 130 cm³/mol. The molecule has 7 nitrogen and oxygen atoms in total. The van der Waals surface area contributed by atoms with Crippen molar-refractivity contribution in [3.8, 4) is 11.5 Å². The van der Waals surface area contributed by atoms with E-state index in [2.05, 4.69) is 15.6 Å². The van der Waals surface area contributed by atoms with Crippen LogP contribution in [0.25, 0.3) is 10.9 Å². The Hall–Kier alpha value is -3.78. The third-order valence-electron chi connectivity index (χ3n) is 5.20. The number of fused-ring (bicyclic) bond motifs is 1. The molecule has 170 valence electrons. The predicted octanol–water partition coefficient (Wildman–Crippen LogP) is 4.62. The quantitative estimate of drug-likeness (QED) is 0.338. The summed E-state index contributed by atoms with van der Waals surface area (Å²) in [4.78, 5) is 29.8. The fourth-order valence-electron chi connectivity index (χ4n) is 3.62. The summed E-state index contributed by atoms with van der Waals surface area (Å²) in [6, 6.07) is 15.8. The molecule has 2 aromatic carbocycles. The lowest BCUT2D eigenvalue weighted by molar-refractivity contribution is -0.118. The zero-order valence-corrected chi connectivity index (χ0v) is 19.2. The van der Waals surface area contributed by atoms with Crippen LogP contribution in [0.5, 0.6) is 11.5 Å². The fourth-order valence-corrected chi connectivity index (χ4v) is 4.24. The second kappa shape index (κ2) is 10.2. The molecule has 4 aromatic rings. The highest BCUT2D eigenvalue weighted by molar-refractivity contribution is 7.12. The molecule has 0 saturated carbocycles. The highest BCUT2D eigenvalue weighted by Gasteiger charge is 2.24. The van der Waals surface area contributed by atoms with Crippen LogP contribution < -0.4 is 20.1 Å². The highest BCUT2D eigenvalue weighted by atomic mass is 32.1. The zero-order valence-electron chi connectivity index (χ0n) is 18.4. The number of H-pyrrole nitrogens is 1. The van der Waals surface area contributed by atoms with Gasteiger partial charge in [0.2, 0.25) is 5.91 Å². The van der Waals surface area contributed by atoms with Crippen molar-refractivity contribution in [2.45, 2.75) is 19.4 Å². The molecule has 0 unspecified atom stereocenters. The van der Waals surface area contributed by atoms with E-state index in [-0.39, 0.29) is 11.8 Å². The molecule has 8 heteroatoms. The number of hydrogen-bond acceptors (Lipinski definition) is 5. The molecule has 33 heavy (non-hydrogen) atoms. The van der Waals surface area contributed by atoms with E-state index < -0.39 is 6.04 Å². The lowest BCUT2D eigenvalue weighted by atomic mass is 10.0. The Morgan fingerprint density at radius 1 is 1.09 bits per heavy atom. The van der Waals surface area contributed by atoms with Crippen molar-refractivity contribution in [1.82, 2.24) is 10.3 Å². The number of para-hydroxylation sites is 1. The first-order chi connectivity index (χ1) is 16.1. The third kappa shape index (κ3) is 5.18. The van der Waals surface area contributed by atoms with Crippen LogP contribution in [0.2, 0.25) is 0 Å². The van der Waals surface area contributed by atoms with Crippen LogP contribution in [-0.2, 0) is 11.2 Å². The maximum atomic E-state index is 13.3. The van der Waals surface area contributed by atoms with Gasteiger partial charge in [0.1, 0.15) is 6.04 Å². The summed E-state index contributed by atoms with van der Waals surface area (Å²) in [5, 5.41) is 8.64. The van der Waals surface area contributed by atoms with E-state index in [0.717, 1.165) is 16.5 Å². The molecule has 0 spiro atoms. The van der Waals surface area contributed by atoms with Crippen molar-refractivity contribution >= 4 is 39.7 Å². The van der Waals surface area contributed by atoms with E-state index in [9.17, 15) is 9.59 Å². The molecule has 2 amide bonds. The van der Waals surface area contributed by atoms with E-state index in [1.165, 1.54) is 11.3 Å². The van der Waals surface area contributed by atoms with Gasteiger partial charge in [0.15, 0.2) is 11.5 Å². The Morgan fingerprint density at radius 3 is 2.70 bits per heavy atom. The van der Waals surface area contributed by atoms with Crippen molar-refractivity contribution in [2.24, 2.45) is 0 Å². The largest absolute Gasteiger partial charge is 0.493 e. The molecular weight excluding hydrogens is 438 g/mol. The van der Waals surface area contributed by atoms with Crippen LogP contribution >= 0.6 is 11.3 Å². The number of ether oxygens (including phenoxy) is 2. The maximum absolute atomic E-state index is 13.3. The average molecular weight is 464 g/mol. The number of nitrogens with one attached hydrogen (secondary N) is 3. The van der Waals surface area contributed by atoms with Crippen LogP contribution in [0, 0.1) is 0 Å². The van der Waals surface area contributed by atoms with E-state index in [1.807, 2.05) is 42.8 Å². The summed E-state index contributed by atoms with van der Waals surface area (Å²) in [6.07, 6.45) is 2.21. The third-order valence-corrected chi connectivity index (χ3v) is 6.07. The second-order valence-electron chi connectivity index (χ2n) is 7.35. The molecule has 2 aromatic heterocycles. The fraction of sp³-hybridized carbons (Fsp3) is 0.200. The van der Waals surface area contributed by atoms with Crippen LogP contribution in [0.15, 0.2) is 66.2 Å². The minimum absolute atomic E-state index is 0.283. The Morgan fingerprint density at radius 2 is 1.94 bits per heavy atom. The monoisotopic (exact) mass is 463 g/mol. The first kappa shape index (κ1) is 22.4. The molecule has 0 fully saturated rings. The number of aromatic amines is 1. The summed E-state index contributed by atoms with van der Waals surface area (Å²) < 4.78 is 10.9. The molecule has 1 atom stereocenters. The van der Waals surface area contributed by atoms with Gasteiger partial charge in [-0.25, -0.2) is 0 Å². The summed E-state index contributed by atoms with van der Waals surface area (Å²) in [5.41, 5.74) is 2.48. The van der Waals surface area contributed by atoms with Gasteiger partial charge < -0.3 is 25.1 Å². The summed E-state index contributed by atoms with van der Waals surface area (Å²) in [6.45, 7) is 2.39. The molecule has 0 aliphatic rings. The first-order valence-electron chi connectivity index (χ1n) is 10.6. The SMILES string of the molecule is CCOc1ccc(NC(=O)[C@H](Cc2c[nH]c3ccccc23)NC(=O)c2cccs2)cc1OC. The number of hydrogen-bond donors (Lipinski definition) is 3. The Bertz CT molecular complexity index is 1250. The van der Waals surface area contributed by atoms with Crippen LogP contribution in [0.1, 0.15) is 22.2 Å². The van der Waals surface area contributed by atoms with Gasteiger partial charge >= 0.3 is 0 Å². The molecule has 0 bridgehead atoms. The number of anilines is 1. The maximum Gasteiger partial charge on any atom is 0.262 e. The van der Waals surface area contributed by atoms with Gasteiger partial charge in [0, 0.05) is 35.3 Å². The number of benzene rings is 2. The smallest absolute Gasteiger partial charge is 0.262 e. The normalized spacial score (nSPS) is 11.7. The van der Waals surface area contributed by atoms with Gasteiger partial charge in [0.05, 0.1) is 18.6 Å². The molecule has 0 radical (unpaired) electrons. The number of rotatable bonds is 9. The molecular formula is C25H25N3O4S. The van der Waals surface area contributed by atoms with Crippen molar-refractivity contribution in [1.29, 1.82) is 0 Å². The van der Waals surface area contributed by atoms with Crippen LogP contribution in [0.4, 0.5) is 5.69 Å². The van der Waals surface area contributed by atoms with Gasteiger partial charge in [-0.3, -0.25) is 9.59 Å². The average Bonchev–Trinajstić information content (AvgIpc) is 3.50. The lowest BCUT2D eigenvalue weighted by Gasteiger charge is -2.19. The summed E-state index contributed by atoms with van der Waals surface area (Å²) in [5.74, 6) is 0.510. The van der Waals surface area contributed by atoms with Gasteiger partial charge in [-0.1, -0.05) is 24.3 Å². The Kier molecular flexibility index (Phi) is 6.95. The highest BCUT2D eigenvalue weighted by Crippen LogP contribution is 2.30. The molecule has 0 saturated heterocycles. The number of thiophene rings is 1. The van der Waals surface area contributed by atoms with Crippen LogP contribution in [-0.4, -0.2) is 36.6 Å². The standard InChI is InChI=1S/C25H25N3O4S/c1-3-32-21-11-10-17(14-22(21)31-2)27-24(29)20(28-25(30)23-9-6-12-33-23)13-16-15-26-19-8-5-4-7-18(16)19/h4-12,14-15,20,26H,3,13H2,1-2H3,(H,27,29)(H,28,30)/t20-/m0/s1. The summed E-state index contributed by atoms with van der Waals surface area (Å²) in [7, 11) is 1.55. The summed E-state index contributed by atoms with van der Waals surface area (Å²) >= 11 is 1.33. The van der Waals surface area contributed by atoms with E-state index in [4.69, 9.17) is 9.47 Å². The van der Waals surface area contributed by atoms with Gasteiger partial charge in [-0.15, -0.1) is 11.3 Å². The number of amides is 2. The number of methoxy groups -OCH3 is 1. The minimum atomic E-state index is -0.781. The van der Waals surface area contributed by atoms with Crippen molar-refractivity contribution in [3.63, 3.8) is 0 Å². The zero-order chi connectivity index (χ0) is 23.2. The Labute approximate surface area is 195 Å². The first-order valence-corrected chi connectivity index (χ1v) is 11.5. The molecule has 3 N–H and O–H groups in total. The molecule has 4 rings (SSSR count). The van der Waals surface area contributed by atoms with E-state index >= 15 is 0 Å². The van der Waals surface area contributed by atoms with Crippen LogP contribution in [0.3, 0.4) is 0 Å². The molecule has 2 heterocycles. The number of carbonyl (C=O) groups excluding carboxylic acids is 2.